The average molecular weight is 98.1 g/mol. The second-order valence-corrected chi connectivity index (χ2v) is 1.16. The molecule has 0 aromatic carbocycles. The van der Waals surface area contributed by atoms with Gasteiger partial charge in [-0.25, -0.2) is 0 Å². The van der Waals surface area contributed by atoms with Gasteiger partial charge in [-0.3, -0.25) is 0 Å². The first-order valence-corrected chi connectivity index (χ1v) is 1.96. The minimum Gasteiger partial charge on any atom is -0.314 e. The van der Waals surface area contributed by atoms with Gasteiger partial charge in [0.2, 0.25) is 0 Å². The summed E-state index contributed by atoms with van der Waals surface area (Å²) in [4.78, 5) is 0. The van der Waals surface area contributed by atoms with Crippen LogP contribution >= 0.6 is 0 Å². The average Bonchev–Trinajstić information content (AvgIpc) is 2.14. The smallest absolute Gasteiger partial charge is 0.120 e. The van der Waals surface area contributed by atoms with Crippen molar-refractivity contribution >= 4 is 0 Å². The Morgan fingerprint density at radius 3 is 2.29 bits per heavy atom. The second kappa shape index (κ2) is 1.70. The molecule has 0 amide bonds. The summed E-state index contributed by atoms with van der Waals surface area (Å²) in [6, 6.07) is 0. The number of nitrogens with two attached hydrogens (primary N) is 1. The molecule has 7 heavy (non-hydrogen) atoms. The molecular weight excluding hydrogens is 92.1 g/mol. The molecule has 0 aliphatic rings. The Balaban J connectivity index is 2.76. The van der Waals surface area contributed by atoms with Crippen LogP contribution in [0.2, 0.25) is 0 Å². The third-order valence-corrected chi connectivity index (χ3v) is 0.677. The first-order valence-electron chi connectivity index (χ1n) is 1.96. The highest BCUT2D eigenvalue weighted by Crippen LogP contribution is 1.72. The fourth-order valence-corrected chi connectivity index (χ4v) is 0.316. The third kappa shape index (κ3) is 0.747. The molecule has 0 bridgehead atoms. The Kier molecular flexibility index (Phi) is 1.04. The van der Waals surface area contributed by atoms with Crippen LogP contribution in [0.5, 0.6) is 0 Å². The minimum atomic E-state index is 0.451. The van der Waals surface area contributed by atoms with Crippen molar-refractivity contribution in [1.29, 1.82) is 0 Å². The van der Waals surface area contributed by atoms with Gasteiger partial charge in [0.25, 0.3) is 0 Å². The predicted octanol–water partition coefficient (Wildman–Crippen LogP) is -0.806. The monoisotopic (exact) mass is 98.1 g/mol. The zero-order valence-corrected chi connectivity index (χ0v) is 3.78. The highest BCUT2D eigenvalue weighted by atomic mass is 15.2. The molecule has 0 aliphatic heterocycles. The van der Waals surface area contributed by atoms with Crippen LogP contribution in [0, 0.1) is 0 Å². The zero-order chi connectivity index (χ0) is 5.11. The van der Waals surface area contributed by atoms with Crippen molar-refractivity contribution < 1.29 is 0 Å². The van der Waals surface area contributed by atoms with E-state index >= 15 is 0 Å². The maximum absolute atomic E-state index is 5.18. The molecule has 38 valence electrons. The maximum atomic E-state index is 5.18. The van der Waals surface area contributed by atoms with Crippen LogP contribution in [0.3, 0.4) is 0 Å². The molecule has 0 saturated carbocycles. The van der Waals surface area contributed by atoms with Crippen LogP contribution in [0.1, 0.15) is 0 Å². The fraction of sp³-hybridized carbons (Fsp3) is 0.333. The summed E-state index contributed by atoms with van der Waals surface area (Å²) >= 11 is 0. The Hall–Kier alpha value is -0.900. The number of hydrogen-bond acceptors (Lipinski definition) is 3. The largest absolute Gasteiger partial charge is 0.314 e. The lowest BCUT2D eigenvalue weighted by Gasteiger charge is -1.86. The molecule has 0 atom stereocenters. The van der Waals surface area contributed by atoms with Gasteiger partial charge in [0.05, 0.1) is 6.67 Å². The van der Waals surface area contributed by atoms with E-state index in [9.17, 15) is 0 Å². The Bertz CT molecular complexity index is 121. The summed E-state index contributed by atoms with van der Waals surface area (Å²) < 4.78 is 1.68. The maximum Gasteiger partial charge on any atom is 0.120 e. The summed E-state index contributed by atoms with van der Waals surface area (Å²) in [6.07, 6.45) is 3.14. The van der Waals surface area contributed by atoms with Crippen molar-refractivity contribution in [2.45, 2.75) is 6.67 Å². The van der Waals surface area contributed by atoms with Crippen LogP contribution < -0.4 is 5.73 Å². The molecule has 1 heterocycles. The van der Waals surface area contributed by atoms with Crippen LogP contribution in [0.4, 0.5) is 0 Å². The van der Waals surface area contributed by atoms with Gasteiger partial charge in [0.1, 0.15) is 12.7 Å². The van der Waals surface area contributed by atoms with Gasteiger partial charge >= 0.3 is 0 Å². The summed E-state index contributed by atoms with van der Waals surface area (Å²) in [5.41, 5.74) is 5.18. The van der Waals surface area contributed by atoms with Crippen molar-refractivity contribution in [3.8, 4) is 0 Å². The van der Waals surface area contributed by atoms with Gasteiger partial charge < -0.3 is 10.3 Å². The van der Waals surface area contributed by atoms with Crippen LogP contribution in [-0.4, -0.2) is 14.8 Å². The molecular formula is C3H6N4. The highest BCUT2D eigenvalue weighted by molar-refractivity contribution is 4.56. The molecule has 4 nitrogen and oxygen atoms in total. The lowest BCUT2D eigenvalue weighted by atomic mass is 11.0. The highest BCUT2D eigenvalue weighted by Gasteiger charge is 1.78. The molecule has 0 unspecified atom stereocenters. The zero-order valence-electron chi connectivity index (χ0n) is 3.78. The first kappa shape index (κ1) is 4.26. The standard InChI is InChI=1S/C3H6N4/c4-1-7-2-5-6-3-7/h2-3H,1,4H2. The van der Waals surface area contributed by atoms with Gasteiger partial charge in [0.15, 0.2) is 0 Å². The Morgan fingerprint density at radius 1 is 1.43 bits per heavy atom. The summed E-state index contributed by atoms with van der Waals surface area (Å²) in [7, 11) is 0. The van der Waals surface area contributed by atoms with E-state index in [0.29, 0.717) is 6.67 Å². The van der Waals surface area contributed by atoms with Crippen LogP contribution in [0.15, 0.2) is 12.7 Å². The lowest BCUT2D eigenvalue weighted by Crippen LogP contribution is -2.03. The molecule has 2 N–H and O–H groups in total. The number of rotatable bonds is 1. The Morgan fingerprint density at radius 2 is 2.00 bits per heavy atom. The number of aromatic nitrogens is 3. The van der Waals surface area contributed by atoms with E-state index in [1.807, 2.05) is 0 Å². The van der Waals surface area contributed by atoms with Gasteiger partial charge in [-0.1, -0.05) is 0 Å². The van der Waals surface area contributed by atoms with Crippen LogP contribution in [0.25, 0.3) is 0 Å². The number of nitrogens with zero attached hydrogens (tertiary/aromatic N) is 3. The Labute approximate surface area is 41.0 Å². The van der Waals surface area contributed by atoms with Crippen LogP contribution in [-0.2, 0) is 6.67 Å². The van der Waals surface area contributed by atoms with E-state index < -0.39 is 0 Å². The molecule has 0 radical (unpaired) electrons. The SMILES string of the molecule is NCn1cnnc1. The molecule has 1 aromatic heterocycles. The molecule has 1 aromatic rings. The van der Waals surface area contributed by atoms with Crippen molar-refractivity contribution in [3.05, 3.63) is 12.7 Å². The van der Waals surface area contributed by atoms with E-state index in [4.69, 9.17) is 5.73 Å². The topological polar surface area (TPSA) is 56.7 Å². The van der Waals surface area contributed by atoms with Crippen molar-refractivity contribution in [2.75, 3.05) is 0 Å². The quantitative estimate of drug-likeness (QED) is 0.500. The van der Waals surface area contributed by atoms with Gasteiger partial charge in [-0.15, -0.1) is 10.2 Å². The fourth-order valence-electron chi connectivity index (χ4n) is 0.316. The lowest BCUT2D eigenvalue weighted by molar-refractivity contribution is 0.729. The molecule has 1 rings (SSSR count). The van der Waals surface area contributed by atoms with Gasteiger partial charge in [-0.05, 0) is 0 Å². The molecule has 0 spiro atoms. The van der Waals surface area contributed by atoms with Crippen molar-refractivity contribution in [1.82, 2.24) is 14.8 Å². The van der Waals surface area contributed by atoms with E-state index in [1.165, 1.54) is 0 Å². The summed E-state index contributed by atoms with van der Waals surface area (Å²) in [6.45, 7) is 0.451. The first-order chi connectivity index (χ1) is 3.43. The minimum absolute atomic E-state index is 0.451. The van der Waals surface area contributed by atoms with Gasteiger partial charge in [-0.2, -0.15) is 0 Å². The van der Waals surface area contributed by atoms with Crippen molar-refractivity contribution in [2.24, 2.45) is 5.73 Å². The summed E-state index contributed by atoms with van der Waals surface area (Å²) in [5.74, 6) is 0. The third-order valence-electron chi connectivity index (χ3n) is 0.677. The van der Waals surface area contributed by atoms with E-state index in [2.05, 4.69) is 10.2 Å². The molecule has 0 saturated heterocycles. The molecule has 4 heteroatoms. The number of hydrogen-bond donors (Lipinski definition) is 1. The molecule has 0 aliphatic carbocycles. The van der Waals surface area contributed by atoms with E-state index in [-0.39, 0.29) is 0 Å². The van der Waals surface area contributed by atoms with E-state index in [0.717, 1.165) is 0 Å². The second-order valence-electron chi connectivity index (χ2n) is 1.16. The van der Waals surface area contributed by atoms with E-state index in [1.54, 1.807) is 17.2 Å². The van der Waals surface area contributed by atoms with Crippen molar-refractivity contribution in [3.63, 3.8) is 0 Å². The molecule has 0 fully saturated rings. The predicted molar refractivity (Wildman–Crippen MR) is 24.2 cm³/mol. The van der Waals surface area contributed by atoms with Gasteiger partial charge in [0, 0.05) is 0 Å². The summed E-state index contributed by atoms with van der Waals surface area (Å²) in [5, 5.41) is 7.05. The normalized spacial score (nSPS) is 9.29.